The third-order valence-electron chi connectivity index (χ3n) is 4.00. The molecule has 1 rings (SSSR count). The lowest BCUT2D eigenvalue weighted by Crippen LogP contribution is -2.16. The number of nitrogens with zero attached hydrogens (tertiary/aromatic N) is 2. The smallest absolute Gasteiger partial charge is 0.0945 e. The molecule has 1 atom stereocenters. The summed E-state index contributed by atoms with van der Waals surface area (Å²) >= 11 is 0. The highest BCUT2D eigenvalue weighted by Gasteiger charge is 2.08. The number of rotatable bonds is 14. The van der Waals surface area contributed by atoms with E-state index in [1.807, 2.05) is 18.7 Å². The highest BCUT2D eigenvalue weighted by molar-refractivity contribution is 4.74. The van der Waals surface area contributed by atoms with Crippen LogP contribution in [0.15, 0.2) is 18.7 Å². The standard InChI is InChI=1S/C18H34N2O/c1-3-5-7-8-9-10-16-21-18(11-6-4-2)12-14-20-15-13-19-17-20/h13,15,17-18H,3-12,14,16H2,1-2H3. The van der Waals surface area contributed by atoms with Crippen molar-refractivity contribution in [3.8, 4) is 0 Å². The van der Waals surface area contributed by atoms with E-state index in [0.29, 0.717) is 6.10 Å². The van der Waals surface area contributed by atoms with E-state index < -0.39 is 0 Å². The molecule has 1 aromatic rings. The number of aromatic nitrogens is 2. The molecular formula is C18H34N2O. The van der Waals surface area contributed by atoms with Gasteiger partial charge in [-0.1, -0.05) is 58.8 Å². The van der Waals surface area contributed by atoms with Crippen molar-refractivity contribution in [1.29, 1.82) is 0 Å². The van der Waals surface area contributed by atoms with Crippen LogP contribution in [0.25, 0.3) is 0 Å². The monoisotopic (exact) mass is 294 g/mol. The lowest BCUT2D eigenvalue weighted by Gasteiger charge is -2.18. The van der Waals surface area contributed by atoms with Gasteiger partial charge in [0.05, 0.1) is 12.4 Å². The molecule has 0 aliphatic carbocycles. The molecule has 0 bridgehead atoms. The van der Waals surface area contributed by atoms with Crippen molar-refractivity contribution in [3.63, 3.8) is 0 Å². The molecule has 0 N–H and O–H groups in total. The maximum atomic E-state index is 6.12. The van der Waals surface area contributed by atoms with Gasteiger partial charge >= 0.3 is 0 Å². The topological polar surface area (TPSA) is 27.1 Å². The minimum atomic E-state index is 0.419. The molecule has 0 saturated carbocycles. The van der Waals surface area contributed by atoms with E-state index in [-0.39, 0.29) is 0 Å². The molecule has 0 spiro atoms. The number of imidazole rings is 1. The second-order valence-electron chi connectivity index (χ2n) is 5.99. The lowest BCUT2D eigenvalue weighted by molar-refractivity contribution is 0.0349. The van der Waals surface area contributed by atoms with E-state index >= 15 is 0 Å². The van der Waals surface area contributed by atoms with Crippen LogP contribution >= 0.6 is 0 Å². The Labute approximate surface area is 131 Å². The van der Waals surface area contributed by atoms with Gasteiger partial charge in [0.1, 0.15) is 0 Å². The molecule has 1 unspecified atom stereocenters. The van der Waals surface area contributed by atoms with E-state index in [0.717, 1.165) is 19.6 Å². The summed E-state index contributed by atoms with van der Waals surface area (Å²) in [4.78, 5) is 4.10. The van der Waals surface area contributed by atoms with Crippen LogP contribution in [0.5, 0.6) is 0 Å². The molecule has 3 nitrogen and oxygen atoms in total. The molecule has 3 heteroatoms. The molecule has 122 valence electrons. The normalized spacial score (nSPS) is 12.7. The van der Waals surface area contributed by atoms with E-state index in [9.17, 15) is 0 Å². The van der Waals surface area contributed by atoms with E-state index in [1.165, 1.54) is 57.8 Å². The Morgan fingerprint density at radius 2 is 1.71 bits per heavy atom. The van der Waals surface area contributed by atoms with Crippen LogP contribution in [0.2, 0.25) is 0 Å². The van der Waals surface area contributed by atoms with Gasteiger partial charge < -0.3 is 9.30 Å². The van der Waals surface area contributed by atoms with Crippen molar-refractivity contribution in [2.24, 2.45) is 0 Å². The first kappa shape index (κ1) is 18.2. The minimum absolute atomic E-state index is 0.419. The number of aryl methyl sites for hydroxylation is 1. The first-order chi connectivity index (χ1) is 10.4. The largest absolute Gasteiger partial charge is 0.378 e. The van der Waals surface area contributed by atoms with Crippen LogP contribution < -0.4 is 0 Å². The van der Waals surface area contributed by atoms with Crippen molar-refractivity contribution in [2.45, 2.75) is 90.7 Å². The maximum Gasteiger partial charge on any atom is 0.0945 e. The third kappa shape index (κ3) is 9.67. The maximum absolute atomic E-state index is 6.12. The number of ether oxygens (including phenoxy) is 1. The van der Waals surface area contributed by atoms with E-state index in [1.54, 1.807) is 0 Å². The Morgan fingerprint density at radius 3 is 2.43 bits per heavy atom. The highest BCUT2D eigenvalue weighted by atomic mass is 16.5. The second-order valence-corrected chi connectivity index (χ2v) is 5.99. The average Bonchev–Trinajstić information content (AvgIpc) is 3.01. The summed E-state index contributed by atoms with van der Waals surface area (Å²) in [5.41, 5.74) is 0. The van der Waals surface area contributed by atoms with Gasteiger partial charge in [-0.25, -0.2) is 4.98 Å². The SMILES string of the molecule is CCCCCCCCOC(CCCC)CCn1ccnc1. The molecule has 0 saturated heterocycles. The number of hydrogen-bond acceptors (Lipinski definition) is 2. The van der Waals surface area contributed by atoms with E-state index in [2.05, 4.69) is 23.4 Å². The lowest BCUT2D eigenvalue weighted by atomic mass is 10.1. The molecular weight excluding hydrogens is 260 g/mol. The van der Waals surface area contributed by atoms with Crippen LogP contribution in [0.3, 0.4) is 0 Å². The van der Waals surface area contributed by atoms with Crippen LogP contribution in [0.1, 0.15) is 78.1 Å². The first-order valence-corrected chi connectivity index (χ1v) is 8.94. The first-order valence-electron chi connectivity index (χ1n) is 8.94. The Balaban J connectivity index is 2.10. The van der Waals surface area contributed by atoms with Gasteiger partial charge in [0.2, 0.25) is 0 Å². The predicted molar refractivity (Wildman–Crippen MR) is 89.5 cm³/mol. The van der Waals surface area contributed by atoms with Crippen LogP contribution in [-0.2, 0) is 11.3 Å². The summed E-state index contributed by atoms with van der Waals surface area (Å²) in [6.07, 6.45) is 19.0. The van der Waals surface area contributed by atoms with Crippen molar-refractivity contribution < 1.29 is 4.74 Å². The van der Waals surface area contributed by atoms with Crippen molar-refractivity contribution in [3.05, 3.63) is 18.7 Å². The van der Waals surface area contributed by atoms with Gasteiger partial charge in [0, 0.05) is 25.5 Å². The fourth-order valence-corrected chi connectivity index (χ4v) is 2.59. The summed E-state index contributed by atoms with van der Waals surface area (Å²) in [6, 6.07) is 0. The van der Waals surface area contributed by atoms with Gasteiger partial charge in [-0.05, 0) is 19.3 Å². The molecule has 0 radical (unpaired) electrons. The second kappa shape index (κ2) is 12.9. The Bertz CT molecular complexity index is 311. The third-order valence-corrected chi connectivity index (χ3v) is 4.00. The minimum Gasteiger partial charge on any atom is -0.378 e. The fourth-order valence-electron chi connectivity index (χ4n) is 2.59. The van der Waals surface area contributed by atoms with Gasteiger partial charge in [-0.3, -0.25) is 0 Å². The molecule has 1 aromatic heterocycles. The molecule has 1 heterocycles. The number of unbranched alkanes of at least 4 members (excludes halogenated alkanes) is 6. The summed E-state index contributed by atoms with van der Waals surface area (Å²) < 4.78 is 8.26. The molecule has 0 amide bonds. The Hall–Kier alpha value is -0.830. The zero-order valence-corrected chi connectivity index (χ0v) is 14.1. The fraction of sp³-hybridized carbons (Fsp3) is 0.833. The van der Waals surface area contributed by atoms with Crippen LogP contribution in [-0.4, -0.2) is 22.3 Å². The van der Waals surface area contributed by atoms with Gasteiger partial charge in [0.25, 0.3) is 0 Å². The van der Waals surface area contributed by atoms with Crippen molar-refractivity contribution >= 4 is 0 Å². The molecule has 0 fully saturated rings. The van der Waals surface area contributed by atoms with Crippen molar-refractivity contribution in [1.82, 2.24) is 9.55 Å². The highest BCUT2D eigenvalue weighted by Crippen LogP contribution is 2.12. The molecule has 0 aromatic carbocycles. The van der Waals surface area contributed by atoms with Gasteiger partial charge in [0.15, 0.2) is 0 Å². The van der Waals surface area contributed by atoms with Gasteiger partial charge in [-0.2, -0.15) is 0 Å². The van der Waals surface area contributed by atoms with Crippen LogP contribution in [0, 0.1) is 0 Å². The zero-order chi connectivity index (χ0) is 15.2. The average molecular weight is 294 g/mol. The molecule has 21 heavy (non-hydrogen) atoms. The van der Waals surface area contributed by atoms with Crippen LogP contribution in [0.4, 0.5) is 0 Å². The summed E-state index contributed by atoms with van der Waals surface area (Å²) in [5, 5.41) is 0. The van der Waals surface area contributed by atoms with Gasteiger partial charge in [-0.15, -0.1) is 0 Å². The summed E-state index contributed by atoms with van der Waals surface area (Å²) in [6.45, 7) is 6.47. The van der Waals surface area contributed by atoms with E-state index in [4.69, 9.17) is 4.74 Å². The Morgan fingerprint density at radius 1 is 0.952 bits per heavy atom. The zero-order valence-electron chi connectivity index (χ0n) is 14.1. The van der Waals surface area contributed by atoms with Crippen molar-refractivity contribution in [2.75, 3.05) is 6.61 Å². The number of hydrogen-bond donors (Lipinski definition) is 0. The summed E-state index contributed by atoms with van der Waals surface area (Å²) in [5.74, 6) is 0. The predicted octanol–water partition coefficient (Wildman–Crippen LogP) is 5.21. The molecule has 0 aliphatic rings. The molecule has 0 aliphatic heterocycles. The summed E-state index contributed by atoms with van der Waals surface area (Å²) in [7, 11) is 0. The Kier molecular flexibility index (Phi) is 11.2. The quantitative estimate of drug-likeness (QED) is 0.440.